The molecule has 0 aromatic heterocycles. The first-order chi connectivity index (χ1) is 10.6. The third-order valence-electron chi connectivity index (χ3n) is 4.36. The Balaban J connectivity index is 2.06. The number of rotatable bonds is 2. The van der Waals surface area contributed by atoms with Crippen LogP contribution in [0.4, 0.5) is 0 Å². The smallest absolute Gasteiger partial charge is 0.185 e. The third kappa shape index (κ3) is 2.73. The summed E-state index contributed by atoms with van der Waals surface area (Å²) in [6.45, 7) is 4.15. The molecular formula is C19H20O2S. The van der Waals surface area contributed by atoms with E-state index >= 15 is 0 Å². The fraction of sp³-hybridized carbons (Fsp3) is 0.263. The molecule has 2 aromatic rings. The molecule has 1 aliphatic carbocycles. The monoisotopic (exact) mass is 312 g/mol. The summed E-state index contributed by atoms with van der Waals surface area (Å²) in [4.78, 5) is 0.388. The van der Waals surface area contributed by atoms with Gasteiger partial charge < -0.3 is 0 Å². The highest BCUT2D eigenvalue weighted by Gasteiger charge is 2.31. The van der Waals surface area contributed by atoms with Crippen molar-refractivity contribution in [3.63, 3.8) is 0 Å². The Bertz CT molecular complexity index is 776. The molecule has 0 saturated heterocycles. The van der Waals surface area contributed by atoms with Gasteiger partial charge in [-0.3, -0.25) is 0 Å². The molecule has 0 N–H and O–H groups in total. The maximum atomic E-state index is 13.0. The number of fused-ring (bicyclic) bond motifs is 1. The molecule has 1 aliphatic rings. The van der Waals surface area contributed by atoms with E-state index in [-0.39, 0.29) is 0 Å². The van der Waals surface area contributed by atoms with E-state index in [4.69, 9.17) is 0 Å². The van der Waals surface area contributed by atoms with Crippen molar-refractivity contribution in [2.24, 2.45) is 0 Å². The van der Waals surface area contributed by atoms with Crippen LogP contribution in [0.1, 0.15) is 30.4 Å². The van der Waals surface area contributed by atoms with Crippen LogP contribution in [-0.2, 0) is 16.3 Å². The van der Waals surface area contributed by atoms with Gasteiger partial charge in [0.2, 0.25) is 0 Å². The van der Waals surface area contributed by atoms with Crippen LogP contribution in [-0.4, -0.2) is 13.7 Å². The predicted octanol–water partition coefficient (Wildman–Crippen LogP) is 4.27. The molecule has 114 valence electrons. The number of aryl methyl sites for hydroxylation is 1. The number of benzene rings is 2. The predicted molar refractivity (Wildman–Crippen MR) is 90.4 cm³/mol. The van der Waals surface area contributed by atoms with E-state index in [0.29, 0.717) is 11.3 Å². The lowest BCUT2D eigenvalue weighted by Crippen LogP contribution is -2.24. The Labute approximate surface area is 132 Å². The van der Waals surface area contributed by atoms with Crippen molar-refractivity contribution in [1.29, 1.82) is 0 Å². The molecule has 0 spiro atoms. The van der Waals surface area contributed by atoms with Crippen molar-refractivity contribution in [3.05, 3.63) is 72.3 Å². The quantitative estimate of drug-likeness (QED) is 0.830. The van der Waals surface area contributed by atoms with E-state index in [2.05, 4.69) is 12.6 Å². The molecule has 0 saturated carbocycles. The summed E-state index contributed by atoms with van der Waals surface area (Å²) >= 11 is 0. The van der Waals surface area contributed by atoms with E-state index in [1.807, 2.05) is 24.3 Å². The summed E-state index contributed by atoms with van der Waals surface area (Å²) < 4.78 is 26.0. The van der Waals surface area contributed by atoms with E-state index in [1.54, 1.807) is 24.3 Å². The highest BCUT2D eigenvalue weighted by Crippen LogP contribution is 2.34. The fourth-order valence-corrected chi connectivity index (χ4v) is 5.00. The minimum absolute atomic E-state index is 0.388. The van der Waals surface area contributed by atoms with Crippen LogP contribution in [0, 0.1) is 0 Å². The second kappa shape index (κ2) is 6.09. The van der Waals surface area contributed by atoms with Gasteiger partial charge in [0, 0.05) is 0 Å². The van der Waals surface area contributed by atoms with Crippen molar-refractivity contribution < 1.29 is 8.42 Å². The number of hydrogen-bond donors (Lipinski definition) is 0. The van der Waals surface area contributed by atoms with Crippen molar-refractivity contribution in [2.75, 3.05) is 0 Å². The van der Waals surface area contributed by atoms with Crippen molar-refractivity contribution in [1.82, 2.24) is 0 Å². The van der Waals surface area contributed by atoms with E-state index < -0.39 is 15.1 Å². The number of hydrogen-bond acceptors (Lipinski definition) is 2. The highest BCUT2D eigenvalue weighted by atomic mass is 32.2. The van der Waals surface area contributed by atoms with Crippen molar-refractivity contribution >= 4 is 15.4 Å². The second-order valence-electron chi connectivity index (χ2n) is 5.77. The van der Waals surface area contributed by atoms with Gasteiger partial charge in [0.05, 0.1) is 10.1 Å². The standard InChI is InChI=1S/C19H20O2S/c1-15-18-13-7-5-9-16(18)10-6-8-14-19(15)22(20,21)17-11-3-2-4-12-17/h2-5,7,9,11-13,19H,1,6,8,10,14H2. The summed E-state index contributed by atoms with van der Waals surface area (Å²) in [5.74, 6) is 0. The molecule has 0 aliphatic heterocycles. The lowest BCUT2D eigenvalue weighted by Gasteiger charge is -2.24. The first-order valence-electron chi connectivity index (χ1n) is 7.67. The average molecular weight is 312 g/mol. The molecule has 3 heteroatoms. The second-order valence-corrected chi connectivity index (χ2v) is 7.91. The normalized spacial score (nSPS) is 19.1. The van der Waals surface area contributed by atoms with Gasteiger partial charge in [0.1, 0.15) is 0 Å². The molecular weight excluding hydrogens is 292 g/mol. The Morgan fingerprint density at radius 3 is 2.36 bits per heavy atom. The summed E-state index contributed by atoms with van der Waals surface area (Å²) in [7, 11) is -3.39. The molecule has 1 unspecified atom stereocenters. The van der Waals surface area contributed by atoms with Gasteiger partial charge in [-0.2, -0.15) is 0 Å². The zero-order valence-electron chi connectivity index (χ0n) is 12.5. The molecule has 22 heavy (non-hydrogen) atoms. The lowest BCUT2D eigenvalue weighted by molar-refractivity contribution is 0.577. The van der Waals surface area contributed by atoms with Gasteiger partial charge in [-0.05, 0) is 48.1 Å². The van der Waals surface area contributed by atoms with Gasteiger partial charge in [-0.1, -0.05) is 55.5 Å². The molecule has 0 fully saturated rings. The van der Waals surface area contributed by atoms with Crippen LogP contribution in [0.15, 0.2) is 66.1 Å². The first kappa shape index (κ1) is 15.0. The number of sulfone groups is 1. The Kier molecular flexibility index (Phi) is 4.16. The lowest BCUT2D eigenvalue weighted by atomic mass is 9.90. The maximum Gasteiger partial charge on any atom is 0.185 e. The van der Waals surface area contributed by atoms with Gasteiger partial charge in [-0.25, -0.2) is 8.42 Å². The van der Waals surface area contributed by atoms with Gasteiger partial charge in [0.25, 0.3) is 0 Å². The average Bonchev–Trinajstić information content (AvgIpc) is 2.53. The van der Waals surface area contributed by atoms with E-state index in [9.17, 15) is 8.42 Å². The third-order valence-corrected chi connectivity index (χ3v) is 6.56. The van der Waals surface area contributed by atoms with E-state index in [1.165, 1.54) is 5.56 Å². The molecule has 0 bridgehead atoms. The van der Waals surface area contributed by atoms with Crippen molar-refractivity contribution in [3.8, 4) is 0 Å². The van der Waals surface area contributed by atoms with Crippen LogP contribution >= 0.6 is 0 Å². The summed E-state index contributed by atoms with van der Waals surface area (Å²) in [6, 6.07) is 16.8. The van der Waals surface area contributed by atoms with Crippen LogP contribution in [0.5, 0.6) is 0 Å². The van der Waals surface area contributed by atoms with Gasteiger partial charge in [-0.15, -0.1) is 0 Å². The minimum Gasteiger partial charge on any atom is -0.223 e. The van der Waals surface area contributed by atoms with Crippen LogP contribution in [0.3, 0.4) is 0 Å². The molecule has 3 rings (SSSR count). The highest BCUT2D eigenvalue weighted by molar-refractivity contribution is 7.92. The Morgan fingerprint density at radius 2 is 1.59 bits per heavy atom. The summed E-state index contributed by atoms with van der Waals surface area (Å²) in [5, 5.41) is -0.531. The van der Waals surface area contributed by atoms with Crippen LogP contribution in [0.2, 0.25) is 0 Å². The van der Waals surface area contributed by atoms with Crippen LogP contribution < -0.4 is 0 Å². The first-order valence-corrected chi connectivity index (χ1v) is 9.21. The van der Waals surface area contributed by atoms with E-state index in [0.717, 1.165) is 30.4 Å². The molecule has 1 atom stereocenters. The van der Waals surface area contributed by atoms with Gasteiger partial charge in [0.15, 0.2) is 9.84 Å². The zero-order chi connectivity index (χ0) is 15.6. The minimum atomic E-state index is -3.39. The molecule has 0 amide bonds. The maximum absolute atomic E-state index is 13.0. The zero-order valence-corrected chi connectivity index (χ0v) is 13.4. The Hall–Kier alpha value is -1.87. The molecule has 2 aromatic carbocycles. The fourth-order valence-electron chi connectivity index (χ4n) is 3.16. The summed E-state index contributed by atoms with van der Waals surface area (Å²) in [5.41, 5.74) is 2.95. The molecule has 0 radical (unpaired) electrons. The Morgan fingerprint density at radius 1 is 0.909 bits per heavy atom. The topological polar surface area (TPSA) is 34.1 Å². The summed E-state index contributed by atoms with van der Waals surface area (Å²) in [6.07, 6.45) is 3.56. The SMILES string of the molecule is C=C1c2ccccc2CCCCC1S(=O)(=O)c1ccccc1. The molecule has 2 nitrogen and oxygen atoms in total. The van der Waals surface area contributed by atoms with Crippen LogP contribution in [0.25, 0.3) is 5.57 Å². The van der Waals surface area contributed by atoms with Gasteiger partial charge >= 0.3 is 0 Å². The largest absolute Gasteiger partial charge is 0.223 e. The van der Waals surface area contributed by atoms with Crippen molar-refractivity contribution in [2.45, 2.75) is 35.8 Å². The molecule has 0 heterocycles.